The fraction of sp³-hybridized carbons (Fsp3) is 0.565. The maximum atomic E-state index is 12.7. The van der Waals surface area contributed by atoms with Crippen LogP contribution in [0.1, 0.15) is 49.7 Å². The van der Waals surface area contributed by atoms with Crippen molar-refractivity contribution in [2.24, 2.45) is 11.8 Å². The number of amides is 1. The van der Waals surface area contributed by atoms with E-state index in [0.717, 1.165) is 51.0 Å². The van der Waals surface area contributed by atoms with Gasteiger partial charge in [-0.1, -0.05) is 44.2 Å². The van der Waals surface area contributed by atoms with Crippen LogP contribution in [-0.4, -0.2) is 51.9 Å². The van der Waals surface area contributed by atoms with Crippen LogP contribution in [0.15, 0.2) is 36.7 Å². The SMILES string of the molecule is CC(C)CN1CCc2[nH]cnc2C1C1CCN(C(=O)Cc2ccccc2)CC1. The first-order chi connectivity index (χ1) is 13.6. The number of nitrogens with zero attached hydrogens (tertiary/aromatic N) is 3. The molecular weight excluding hydrogens is 348 g/mol. The molecule has 150 valence electrons. The first-order valence-electron chi connectivity index (χ1n) is 10.7. The van der Waals surface area contributed by atoms with Crippen LogP contribution < -0.4 is 0 Å². The van der Waals surface area contributed by atoms with E-state index in [9.17, 15) is 4.79 Å². The summed E-state index contributed by atoms with van der Waals surface area (Å²) in [4.78, 5) is 25.5. The Morgan fingerprint density at radius 3 is 2.64 bits per heavy atom. The third-order valence-corrected chi connectivity index (χ3v) is 6.21. The minimum Gasteiger partial charge on any atom is -0.348 e. The molecule has 4 rings (SSSR count). The summed E-state index contributed by atoms with van der Waals surface area (Å²) >= 11 is 0. The molecule has 0 bridgehead atoms. The summed E-state index contributed by atoms with van der Waals surface area (Å²) in [6.45, 7) is 8.53. The number of likely N-dealkylation sites (tertiary alicyclic amines) is 1. The van der Waals surface area contributed by atoms with Gasteiger partial charge in [0, 0.05) is 38.3 Å². The molecule has 0 aliphatic carbocycles. The summed E-state index contributed by atoms with van der Waals surface area (Å²) in [7, 11) is 0. The molecule has 1 N–H and O–H groups in total. The van der Waals surface area contributed by atoms with Crippen molar-refractivity contribution in [3.63, 3.8) is 0 Å². The molecule has 1 saturated heterocycles. The minimum absolute atomic E-state index is 0.257. The van der Waals surface area contributed by atoms with Gasteiger partial charge in [-0.25, -0.2) is 4.98 Å². The molecular formula is C23H32N4O. The van der Waals surface area contributed by atoms with Crippen LogP contribution >= 0.6 is 0 Å². The van der Waals surface area contributed by atoms with Crippen LogP contribution in [-0.2, 0) is 17.6 Å². The van der Waals surface area contributed by atoms with Crippen LogP contribution in [0.2, 0.25) is 0 Å². The molecule has 0 spiro atoms. The first kappa shape index (κ1) is 19.2. The maximum Gasteiger partial charge on any atom is 0.226 e. The lowest BCUT2D eigenvalue weighted by molar-refractivity contribution is -0.132. The Bertz CT molecular complexity index is 777. The summed E-state index contributed by atoms with van der Waals surface area (Å²) in [5.74, 6) is 1.48. The topological polar surface area (TPSA) is 52.2 Å². The number of aromatic nitrogens is 2. The number of H-pyrrole nitrogens is 1. The highest BCUT2D eigenvalue weighted by Gasteiger charge is 2.37. The number of benzene rings is 1. The average Bonchev–Trinajstić information content (AvgIpc) is 3.17. The zero-order valence-electron chi connectivity index (χ0n) is 17.1. The van der Waals surface area contributed by atoms with Gasteiger partial charge in [0.15, 0.2) is 0 Å². The van der Waals surface area contributed by atoms with E-state index in [4.69, 9.17) is 4.98 Å². The third kappa shape index (κ3) is 4.14. The Balaban J connectivity index is 1.41. The minimum atomic E-state index is 0.257. The third-order valence-electron chi connectivity index (χ3n) is 6.21. The van der Waals surface area contributed by atoms with E-state index >= 15 is 0 Å². The molecule has 2 aromatic rings. The van der Waals surface area contributed by atoms with Gasteiger partial charge in [-0.15, -0.1) is 0 Å². The lowest BCUT2D eigenvalue weighted by Crippen LogP contribution is -2.46. The molecule has 1 atom stereocenters. The Morgan fingerprint density at radius 2 is 1.93 bits per heavy atom. The van der Waals surface area contributed by atoms with Gasteiger partial charge >= 0.3 is 0 Å². The van der Waals surface area contributed by atoms with E-state index in [1.165, 1.54) is 11.4 Å². The second-order valence-corrected chi connectivity index (χ2v) is 8.73. The number of rotatable bonds is 5. The lowest BCUT2D eigenvalue weighted by Gasteiger charge is -2.43. The van der Waals surface area contributed by atoms with E-state index in [2.05, 4.69) is 28.6 Å². The number of aromatic amines is 1. The van der Waals surface area contributed by atoms with Gasteiger partial charge in [0.2, 0.25) is 5.91 Å². The number of hydrogen-bond donors (Lipinski definition) is 1. The number of fused-ring (bicyclic) bond motifs is 1. The molecule has 5 nitrogen and oxygen atoms in total. The molecule has 5 heteroatoms. The highest BCUT2D eigenvalue weighted by atomic mass is 16.2. The predicted octanol–water partition coefficient (Wildman–Crippen LogP) is 3.45. The number of piperidine rings is 1. The van der Waals surface area contributed by atoms with E-state index < -0.39 is 0 Å². The number of carbonyl (C=O) groups is 1. The Labute approximate surface area is 168 Å². The average molecular weight is 381 g/mol. The van der Waals surface area contributed by atoms with Gasteiger partial charge in [0.05, 0.1) is 24.5 Å². The summed E-state index contributed by atoms with van der Waals surface area (Å²) in [5, 5.41) is 0. The molecule has 28 heavy (non-hydrogen) atoms. The fourth-order valence-corrected chi connectivity index (χ4v) is 4.90. The number of imidazole rings is 1. The molecule has 1 amide bonds. The number of nitrogens with one attached hydrogen (secondary N) is 1. The van der Waals surface area contributed by atoms with Gasteiger partial charge in [-0.05, 0) is 30.2 Å². The van der Waals surface area contributed by atoms with Crippen molar-refractivity contribution in [3.05, 3.63) is 53.6 Å². The molecule has 0 saturated carbocycles. The van der Waals surface area contributed by atoms with Crippen molar-refractivity contribution >= 4 is 5.91 Å². The van der Waals surface area contributed by atoms with E-state index in [1.54, 1.807) is 0 Å². The van der Waals surface area contributed by atoms with Crippen molar-refractivity contribution in [2.75, 3.05) is 26.2 Å². The normalized spacial score (nSPS) is 21.1. The molecule has 1 aromatic carbocycles. The zero-order chi connectivity index (χ0) is 19.5. The quantitative estimate of drug-likeness (QED) is 0.864. The van der Waals surface area contributed by atoms with Gasteiger partial charge in [0.25, 0.3) is 0 Å². The monoisotopic (exact) mass is 380 g/mol. The van der Waals surface area contributed by atoms with Crippen LogP contribution in [0.3, 0.4) is 0 Å². The Kier molecular flexibility index (Phi) is 5.81. The molecule has 1 aromatic heterocycles. The van der Waals surface area contributed by atoms with Crippen LogP contribution in [0.4, 0.5) is 0 Å². The second-order valence-electron chi connectivity index (χ2n) is 8.73. The van der Waals surface area contributed by atoms with E-state index in [-0.39, 0.29) is 5.91 Å². The highest BCUT2D eigenvalue weighted by Crippen LogP contribution is 2.39. The van der Waals surface area contributed by atoms with Crippen molar-refractivity contribution in [3.8, 4) is 0 Å². The first-order valence-corrected chi connectivity index (χ1v) is 10.7. The van der Waals surface area contributed by atoms with Gasteiger partial charge in [0.1, 0.15) is 0 Å². The summed E-state index contributed by atoms with van der Waals surface area (Å²) in [6, 6.07) is 10.5. The van der Waals surface area contributed by atoms with E-state index in [1.807, 2.05) is 36.7 Å². The smallest absolute Gasteiger partial charge is 0.226 e. The van der Waals surface area contributed by atoms with Gasteiger partial charge < -0.3 is 9.88 Å². The number of carbonyl (C=O) groups excluding carboxylic acids is 1. The summed E-state index contributed by atoms with van der Waals surface area (Å²) in [5.41, 5.74) is 3.67. The molecule has 1 fully saturated rings. The molecule has 0 radical (unpaired) electrons. The van der Waals surface area contributed by atoms with E-state index in [0.29, 0.717) is 24.3 Å². The highest BCUT2D eigenvalue weighted by molar-refractivity contribution is 5.78. The molecule has 3 heterocycles. The van der Waals surface area contributed by atoms with Gasteiger partial charge in [-0.3, -0.25) is 9.69 Å². The van der Waals surface area contributed by atoms with Crippen LogP contribution in [0, 0.1) is 11.8 Å². The number of hydrogen-bond acceptors (Lipinski definition) is 3. The summed E-state index contributed by atoms with van der Waals surface area (Å²) < 4.78 is 0. The van der Waals surface area contributed by atoms with Crippen molar-refractivity contribution in [1.82, 2.24) is 19.8 Å². The molecule has 2 aliphatic heterocycles. The Hall–Kier alpha value is -2.14. The summed E-state index contributed by atoms with van der Waals surface area (Å²) in [6.07, 6.45) is 5.55. The zero-order valence-corrected chi connectivity index (χ0v) is 17.1. The van der Waals surface area contributed by atoms with Crippen LogP contribution in [0.25, 0.3) is 0 Å². The molecule has 2 aliphatic rings. The lowest BCUT2D eigenvalue weighted by atomic mass is 9.83. The Morgan fingerprint density at radius 1 is 1.18 bits per heavy atom. The maximum absolute atomic E-state index is 12.7. The predicted molar refractivity (Wildman–Crippen MR) is 111 cm³/mol. The molecule has 1 unspecified atom stereocenters. The van der Waals surface area contributed by atoms with Crippen molar-refractivity contribution in [1.29, 1.82) is 0 Å². The largest absolute Gasteiger partial charge is 0.348 e. The van der Waals surface area contributed by atoms with Crippen molar-refractivity contribution < 1.29 is 4.79 Å². The fourth-order valence-electron chi connectivity index (χ4n) is 4.90. The van der Waals surface area contributed by atoms with Gasteiger partial charge in [-0.2, -0.15) is 0 Å². The second kappa shape index (κ2) is 8.48. The van der Waals surface area contributed by atoms with Crippen molar-refractivity contribution in [2.45, 2.75) is 45.6 Å². The standard InChI is InChI=1S/C23H32N4O/c1-17(2)15-27-13-10-20-22(25-16-24-20)23(27)19-8-11-26(12-9-19)21(28)14-18-6-4-3-5-7-18/h3-7,16-17,19,23H,8-15H2,1-2H3,(H,24,25). The van der Waals surface area contributed by atoms with Crippen LogP contribution in [0.5, 0.6) is 0 Å².